The second kappa shape index (κ2) is 6.85. The van der Waals surface area contributed by atoms with Crippen LogP contribution in [0.15, 0.2) is 6.20 Å². The Kier molecular flexibility index (Phi) is 5.12. The Hall–Kier alpha value is -1.69. The second-order valence-corrected chi connectivity index (χ2v) is 5.60. The fraction of sp³-hybridized carbons (Fsp3) is 0.667. The van der Waals surface area contributed by atoms with Crippen molar-refractivity contribution in [1.82, 2.24) is 30.1 Å². The topological polar surface area (TPSA) is 60.6 Å². The molecule has 6 nitrogen and oxygen atoms in total. The molecule has 0 bridgehead atoms. The second-order valence-electron chi connectivity index (χ2n) is 5.60. The Bertz CT molecular complexity index is 583. The lowest BCUT2D eigenvalue weighted by Crippen LogP contribution is -2.25. The highest BCUT2D eigenvalue weighted by Crippen LogP contribution is 2.21. The SMILES string of the molecule is CCCNC(CCc1c(C)nn(C)c1C)c1cnnn1C. The van der Waals surface area contributed by atoms with Crippen LogP contribution in [0.5, 0.6) is 0 Å². The molecule has 0 aromatic carbocycles. The van der Waals surface area contributed by atoms with Gasteiger partial charge in [-0.3, -0.25) is 9.36 Å². The molecule has 116 valence electrons. The van der Waals surface area contributed by atoms with Crippen LogP contribution < -0.4 is 5.32 Å². The van der Waals surface area contributed by atoms with Gasteiger partial charge in [0, 0.05) is 19.8 Å². The summed E-state index contributed by atoms with van der Waals surface area (Å²) in [6, 6.07) is 0.281. The van der Waals surface area contributed by atoms with E-state index in [4.69, 9.17) is 0 Å². The fourth-order valence-electron chi connectivity index (χ4n) is 2.75. The van der Waals surface area contributed by atoms with Gasteiger partial charge in [-0.25, -0.2) is 0 Å². The third-order valence-corrected chi connectivity index (χ3v) is 4.09. The van der Waals surface area contributed by atoms with E-state index in [0.29, 0.717) is 0 Å². The Morgan fingerprint density at radius 3 is 2.52 bits per heavy atom. The molecule has 0 saturated carbocycles. The first-order valence-corrected chi connectivity index (χ1v) is 7.61. The van der Waals surface area contributed by atoms with E-state index < -0.39 is 0 Å². The van der Waals surface area contributed by atoms with E-state index in [-0.39, 0.29) is 6.04 Å². The molecular weight excluding hydrogens is 264 g/mol. The molecule has 1 unspecified atom stereocenters. The van der Waals surface area contributed by atoms with E-state index in [1.807, 2.05) is 29.7 Å². The lowest BCUT2D eigenvalue weighted by Gasteiger charge is -2.18. The molecule has 0 aliphatic carbocycles. The molecule has 2 rings (SSSR count). The van der Waals surface area contributed by atoms with Crippen LogP contribution in [-0.4, -0.2) is 31.3 Å². The maximum absolute atomic E-state index is 4.50. The van der Waals surface area contributed by atoms with Crippen molar-refractivity contribution in [3.8, 4) is 0 Å². The molecule has 6 heteroatoms. The summed E-state index contributed by atoms with van der Waals surface area (Å²) in [6.45, 7) is 7.40. The predicted octanol–water partition coefficient (Wildman–Crippen LogP) is 1.84. The zero-order valence-electron chi connectivity index (χ0n) is 13.7. The van der Waals surface area contributed by atoms with E-state index >= 15 is 0 Å². The van der Waals surface area contributed by atoms with E-state index in [1.165, 1.54) is 11.3 Å². The average molecular weight is 290 g/mol. The van der Waals surface area contributed by atoms with Crippen molar-refractivity contribution in [3.63, 3.8) is 0 Å². The highest BCUT2D eigenvalue weighted by molar-refractivity contribution is 5.24. The van der Waals surface area contributed by atoms with E-state index in [2.05, 4.69) is 41.5 Å². The van der Waals surface area contributed by atoms with Gasteiger partial charge in [0.25, 0.3) is 0 Å². The fourth-order valence-corrected chi connectivity index (χ4v) is 2.75. The molecule has 1 N–H and O–H groups in total. The van der Waals surface area contributed by atoms with E-state index in [0.717, 1.165) is 37.2 Å². The van der Waals surface area contributed by atoms with Crippen LogP contribution in [-0.2, 0) is 20.5 Å². The first-order chi connectivity index (χ1) is 10.0. The number of aromatic nitrogens is 5. The highest BCUT2D eigenvalue weighted by Gasteiger charge is 2.17. The quantitative estimate of drug-likeness (QED) is 0.845. The summed E-state index contributed by atoms with van der Waals surface area (Å²) >= 11 is 0. The van der Waals surface area contributed by atoms with Gasteiger partial charge in [-0.1, -0.05) is 12.1 Å². The molecule has 0 aliphatic heterocycles. The Morgan fingerprint density at radius 1 is 1.24 bits per heavy atom. The molecule has 0 fully saturated rings. The summed E-state index contributed by atoms with van der Waals surface area (Å²) in [6.07, 6.45) is 5.01. The van der Waals surface area contributed by atoms with E-state index in [1.54, 1.807) is 0 Å². The maximum Gasteiger partial charge on any atom is 0.0753 e. The number of nitrogens with zero attached hydrogens (tertiary/aromatic N) is 5. The summed E-state index contributed by atoms with van der Waals surface area (Å²) in [5, 5.41) is 16.1. The molecule has 0 aliphatic rings. The minimum Gasteiger partial charge on any atom is -0.309 e. The van der Waals surface area contributed by atoms with Gasteiger partial charge >= 0.3 is 0 Å². The van der Waals surface area contributed by atoms with Crippen LogP contribution in [0.25, 0.3) is 0 Å². The first-order valence-electron chi connectivity index (χ1n) is 7.61. The number of hydrogen-bond donors (Lipinski definition) is 1. The molecule has 0 spiro atoms. The molecule has 2 heterocycles. The molecule has 21 heavy (non-hydrogen) atoms. The number of rotatable bonds is 7. The van der Waals surface area contributed by atoms with Crippen LogP contribution in [0.4, 0.5) is 0 Å². The molecule has 1 atom stereocenters. The molecule has 0 amide bonds. The molecule has 0 radical (unpaired) electrons. The molecule has 2 aromatic heterocycles. The van der Waals surface area contributed by atoms with Crippen molar-refractivity contribution in [2.45, 2.75) is 46.1 Å². The predicted molar refractivity (Wildman–Crippen MR) is 83.0 cm³/mol. The van der Waals surface area contributed by atoms with Crippen LogP contribution in [0.2, 0.25) is 0 Å². The minimum absolute atomic E-state index is 0.281. The van der Waals surface area contributed by atoms with Crippen LogP contribution in [0.1, 0.15) is 48.5 Å². The third-order valence-electron chi connectivity index (χ3n) is 4.09. The largest absolute Gasteiger partial charge is 0.309 e. The van der Waals surface area contributed by atoms with Gasteiger partial charge in [-0.05, 0) is 45.2 Å². The van der Waals surface area contributed by atoms with Crippen LogP contribution in [0.3, 0.4) is 0 Å². The number of aryl methyl sites for hydroxylation is 3. The Labute approximate surface area is 126 Å². The summed E-state index contributed by atoms with van der Waals surface area (Å²) in [7, 11) is 3.95. The Balaban J connectivity index is 2.10. The van der Waals surface area contributed by atoms with Crippen molar-refractivity contribution in [2.24, 2.45) is 14.1 Å². The zero-order chi connectivity index (χ0) is 15.4. The summed E-state index contributed by atoms with van der Waals surface area (Å²) in [5.41, 5.74) is 4.89. The minimum atomic E-state index is 0.281. The average Bonchev–Trinajstić information content (AvgIpc) is 2.97. The zero-order valence-corrected chi connectivity index (χ0v) is 13.7. The first kappa shape index (κ1) is 15.7. The van der Waals surface area contributed by atoms with Crippen molar-refractivity contribution >= 4 is 0 Å². The van der Waals surface area contributed by atoms with Crippen LogP contribution >= 0.6 is 0 Å². The lowest BCUT2D eigenvalue weighted by atomic mass is 10.0. The van der Waals surface area contributed by atoms with Gasteiger partial charge in [-0.15, -0.1) is 5.10 Å². The molecule has 0 saturated heterocycles. The standard InChI is InChI=1S/C15H26N6/c1-6-9-16-14(15-10-17-19-21(15)5)8-7-13-11(2)18-20(4)12(13)3/h10,14,16H,6-9H2,1-5H3. The highest BCUT2D eigenvalue weighted by atomic mass is 15.4. The van der Waals surface area contributed by atoms with E-state index in [9.17, 15) is 0 Å². The summed E-state index contributed by atoms with van der Waals surface area (Å²) in [5.74, 6) is 0. The number of nitrogens with one attached hydrogen (secondary N) is 1. The molecular formula is C15H26N6. The van der Waals surface area contributed by atoms with Gasteiger partial charge < -0.3 is 5.32 Å². The number of hydrogen-bond acceptors (Lipinski definition) is 4. The van der Waals surface area contributed by atoms with Crippen molar-refractivity contribution in [3.05, 3.63) is 28.8 Å². The van der Waals surface area contributed by atoms with Crippen molar-refractivity contribution in [1.29, 1.82) is 0 Å². The normalized spacial score (nSPS) is 12.8. The smallest absolute Gasteiger partial charge is 0.0753 e. The van der Waals surface area contributed by atoms with Gasteiger partial charge in [0.1, 0.15) is 0 Å². The lowest BCUT2D eigenvalue weighted by molar-refractivity contribution is 0.467. The van der Waals surface area contributed by atoms with Gasteiger partial charge in [0.2, 0.25) is 0 Å². The van der Waals surface area contributed by atoms with Gasteiger partial charge in [-0.2, -0.15) is 5.10 Å². The third kappa shape index (κ3) is 3.50. The summed E-state index contributed by atoms with van der Waals surface area (Å²) < 4.78 is 3.82. The maximum atomic E-state index is 4.50. The molecule has 2 aromatic rings. The van der Waals surface area contributed by atoms with Gasteiger partial charge in [0.15, 0.2) is 0 Å². The summed E-state index contributed by atoms with van der Waals surface area (Å²) in [4.78, 5) is 0. The monoisotopic (exact) mass is 290 g/mol. The van der Waals surface area contributed by atoms with Crippen molar-refractivity contribution in [2.75, 3.05) is 6.54 Å². The van der Waals surface area contributed by atoms with Crippen molar-refractivity contribution < 1.29 is 0 Å². The van der Waals surface area contributed by atoms with Gasteiger partial charge in [0.05, 0.1) is 23.6 Å². The van der Waals surface area contributed by atoms with Crippen LogP contribution in [0, 0.1) is 13.8 Å². The Morgan fingerprint density at radius 2 is 2.00 bits per heavy atom.